The van der Waals surface area contributed by atoms with Gasteiger partial charge in [-0.15, -0.1) is 11.3 Å². The van der Waals surface area contributed by atoms with Gasteiger partial charge in [-0.05, 0) is 39.0 Å². The van der Waals surface area contributed by atoms with Crippen LogP contribution in [0.25, 0.3) is 0 Å². The molecule has 4 nitrogen and oxygen atoms in total. The van der Waals surface area contributed by atoms with Crippen LogP contribution in [0.3, 0.4) is 0 Å². The van der Waals surface area contributed by atoms with Crippen LogP contribution in [0.4, 0.5) is 0 Å². The highest BCUT2D eigenvalue weighted by Crippen LogP contribution is 2.45. The maximum Gasteiger partial charge on any atom is 0.152 e. The van der Waals surface area contributed by atoms with Crippen molar-refractivity contribution in [1.82, 2.24) is 10.3 Å². The molecule has 1 heterocycles. The lowest BCUT2D eigenvalue weighted by molar-refractivity contribution is 0.336. The standard InChI is InChI=1S/C13H20N2O2S2/c1-9-8-18-12(14-9)13(15-10-5-6-10)7-3-4-11(13)19(2,16)17/h8,10-11,15H,3-7H2,1-2H3. The summed E-state index contributed by atoms with van der Waals surface area (Å²) in [4.78, 5) is 4.60. The number of hydrogen-bond donors (Lipinski definition) is 1. The number of sulfone groups is 1. The van der Waals surface area contributed by atoms with Crippen molar-refractivity contribution in [3.8, 4) is 0 Å². The molecule has 2 unspecified atom stereocenters. The fraction of sp³-hybridized carbons (Fsp3) is 0.769. The third-order valence-corrected chi connectivity index (χ3v) is 6.95. The fourth-order valence-electron chi connectivity index (χ4n) is 3.18. The quantitative estimate of drug-likeness (QED) is 0.924. The molecule has 106 valence electrons. The number of nitrogens with zero attached hydrogens (tertiary/aromatic N) is 1. The van der Waals surface area contributed by atoms with Crippen LogP contribution >= 0.6 is 11.3 Å². The highest BCUT2D eigenvalue weighted by Gasteiger charge is 2.52. The van der Waals surface area contributed by atoms with E-state index in [4.69, 9.17) is 0 Å². The molecular formula is C13H20N2O2S2. The lowest BCUT2D eigenvalue weighted by atomic mass is 9.97. The Labute approximate surface area is 118 Å². The topological polar surface area (TPSA) is 59.1 Å². The van der Waals surface area contributed by atoms with E-state index in [-0.39, 0.29) is 5.25 Å². The molecule has 1 N–H and O–H groups in total. The first-order chi connectivity index (χ1) is 8.92. The van der Waals surface area contributed by atoms with Crippen molar-refractivity contribution in [3.63, 3.8) is 0 Å². The van der Waals surface area contributed by atoms with E-state index < -0.39 is 15.4 Å². The number of aromatic nitrogens is 1. The third kappa shape index (κ3) is 2.45. The van der Waals surface area contributed by atoms with E-state index in [2.05, 4.69) is 10.3 Å². The first kappa shape index (κ1) is 13.5. The second-order valence-corrected chi connectivity index (χ2v) is 8.98. The Morgan fingerprint density at radius 1 is 1.42 bits per heavy atom. The summed E-state index contributed by atoms with van der Waals surface area (Å²) in [6.07, 6.45) is 6.26. The van der Waals surface area contributed by atoms with Crippen LogP contribution in [0, 0.1) is 6.92 Å². The first-order valence-corrected chi connectivity index (χ1v) is 9.64. The first-order valence-electron chi connectivity index (χ1n) is 6.81. The fourth-order valence-corrected chi connectivity index (χ4v) is 5.92. The van der Waals surface area contributed by atoms with Crippen molar-refractivity contribution in [3.05, 3.63) is 16.1 Å². The van der Waals surface area contributed by atoms with Crippen LogP contribution in [0.5, 0.6) is 0 Å². The summed E-state index contributed by atoms with van der Waals surface area (Å²) in [6, 6.07) is 0.478. The molecule has 0 spiro atoms. The van der Waals surface area contributed by atoms with Crippen LogP contribution in [0.15, 0.2) is 5.38 Å². The predicted molar refractivity (Wildman–Crippen MR) is 77.2 cm³/mol. The van der Waals surface area contributed by atoms with Crippen LogP contribution in [-0.4, -0.2) is 30.9 Å². The molecule has 2 saturated carbocycles. The molecule has 0 aromatic carbocycles. The maximum absolute atomic E-state index is 12.2. The van der Waals surface area contributed by atoms with Crippen molar-refractivity contribution >= 4 is 21.2 Å². The highest BCUT2D eigenvalue weighted by molar-refractivity contribution is 7.91. The van der Waals surface area contributed by atoms with Gasteiger partial charge in [-0.3, -0.25) is 0 Å². The number of aryl methyl sites for hydroxylation is 1. The second kappa shape index (κ2) is 4.53. The van der Waals surface area contributed by atoms with Gasteiger partial charge >= 0.3 is 0 Å². The lowest BCUT2D eigenvalue weighted by Crippen LogP contribution is -2.52. The summed E-state index contributed by atoms with van der Waals surface area (Å²) in [5, 5.41) is 6.27. The molecule has 2 fully saturated rings. The predicted octanol–water partition coefficient (Wildman–Crippen LogP) is 2.00. The van der Waals surface area contributed by atoms with Crippen LogP contribution in [0.2, 0.25) is 0 Å². The zero-order valence-corrected chi connectivity index (χ0v) is 13.0. The van der Waals surface area contributed by atoms with E-state index >= 15 is 0 Å². The SMILES string of the molecule is Cc1csc(C2(NC3CC3)CCCC2S(C)(=O)=O)n1. The minimum atomic E-state index is -3.06. The molecule has 0 saturated heterocycles. The van der Waals surface area contributed by atoms with E-state index in [0.717, 1.165) is 42.8 Å². The Kier molecular flexibility index (Phi) is 3.22. The van der Waals surface area contributed by atoms with Crippen molar-refractivity contribution in [2.24, 2.45) is 0 Å². The Balaban J connectivity index is 2.05. The molecule has 1 aromatic heterocycles. The van der Waals surface area contributed by atoms with Crippen LogP contribution < -0.4 is 5.32 Å². The zero-order valence-electron chi connectivity index (χ0n) is 11.3. The summed E-state index contributed by atoms with van der Waals surface area (Å²) >= 11 is 1.60. The molecule has 0 aliphatic heterocycles. The van der Waals surface area contributed by atoms with E-state index in [0.29, 0.717) is 6.04 Å². The highest BCUT2D eigenvalue weighted by atomic mass is 32.2. The van der Waals surface area contributed by atoms with Crippen LogP contribution in [0.1, 0.15) is 42.8 Å². The number of hydrogen-bond acceptors (Lipinski definition) is 5. The van der Waals surface area contributed by atoms with E-state index in [1.165, 1.54) is 6.26 Å². The Hall–Kier alpha value is -0.460. The van der Waals surface area contributed by atoms with Gasteiger partial charge in [0.25, 0.3) is 0 Å². The van der Waals surface area contributed by atoms with E-state index in [1.807, 2.05) is 12.3 Å². The molecular weight excluding hydrogens is 280 g/mol. The van der Waals surface area contributed by atoms with Crippen LogP contribution in [-0.2, 0) is 15.4 Å². The van der Waals surface area contributed by atoms with E-state index in [1.54, 1.807) is 11.3 Å². The largest absolute Gasteiger partial charge is 0.302 e. The van der Waals surface area contributed by atoms with Gasteiger partial charge in [0, 0.05) is 23.4 Å². The van der Waals surface area contributed by atoms with Gasteiger partial charge < -0.3 is 5.32 Å². The smallest absolute Gasteiger partial charge is 0.152 e. The number of thiazole rings is 1. The number of rotatable bonds is 4. The molecule has 3 rings (SSSR count). The molecule has 6 heteroatoms. The molecule has 0 amide bonds. The number of nitrogens with one attached hydrogen (secondary N) is 1. The van der Waals surface area contributed by atoms with Gasteiger partial charge in [-0.1, -0.05) is 0 Å². The molecule has 2 aliphatic carbocycles. The zero-order chi connectivity index (χ0) is 13.7. The summed E-state index contributed by atoms with van der Waals surface area (Å²) in [6.45, 7) is 1.97. The average molecular weight is 300 g/mol. The molecule has 2 atom stereocenters. The molecule has 0 bridgehead atoms. The second-order valence-electron chi connectivity index (χ2n) is 5.89. The summed E-state index contributed by atoms with van der Waals surface area (Å²) in [7, 11) is -3.06. The van der Waals surface area contributed by atoms with Crippen molar-refractivity contribution in [1.29, 1.82) is 0 Å². The third-order valence-electron chi connectivity index (χ3n) is 4.14. The van der Waals surface area contributed by atoms with Crippen molar-refractivity contribution in [2.75, 3.05) is 6.26 Å². The van der Waals surface area contributed by atoms with Gasteiger partial charge in [-0.2, -0.15) is 0 Å². The van der Waals surface area contributed by atoms with Gasteiger partial charge in [0.1, 0.15) is 5.01 Å². The van der Waals surface area contributed by atoms with Gasteiger partial charge in [-0.25, -0.2) is 13.4 Å². The summed E-state index contributed by atoms with van der Waals surface area (Å²) in [5.41, 5.74) is 0.546. The normalized spacial score (nSPS) is 31.8. The van der Waals surface area contributed by atoms with Gasteiger partial charge in [0.15, 0.2) is 9.84 Å². The molecule has 1 aromatic rings. The van der Waals surface area contributed by atoms with Gasteiger partial charge in [0.2, 0.25) is 0 Å². The Morgan fingerprint density at radius 3 is 2.68 bits per heavy atom. The molecule has 2 aliphatic rings. The van der Waals surface area contributed by atoms with Crippen molar-refractivity contribution in [2.45, 2.75) is 55.9 Å². The average Bonchev–Trinajstić information content (AvgIpc) is 2.83. The Bertz CT molecular complexity index is 577. The summed E-state index contributed by atoms with van der Waals surface area (Å²) in [5.74, 6) is 0. The molecule has 19 heavy (non-hydrogen) atoms. The lowest BCUT2D eigenvalue weighted by Gasteiger charge is -2.34. The summed E-state index contributed by atoms with van der Waals surface area (Å²) < 4.78 is 24.3. The minimum Gasteiger partial charge on any atom is -0.302 e. The minimum absolute atomic E-state index is 0.328. The van der Waals surface area contributed by atoms with E-state index in [9.17, 15) is 8.42 Å². The molecule has 0 radical (unpaired) electrons. The van der Waals surface area contributed by atoms with Gasteiger partial charge in [0.05, 0.1) is 10.8 Å². The Morgan fingerprint density at radius 2 is 2.16 bits per heavy atom. The maximum atomic E-state index is 12.2. The monoisotopic (exact) mass is 300 g/mol. The van der Waals surface area contributed by atoms with Crippen molar-refractivity contribution < 1.29 is 8.42 Å².